The Morgan fingerprint density at radius 3 is 2.44 bits per heavy atom. The zero-order chi connectivity index (χ0) is 13.3. The van der Waals surface area contributed by atoms with E-state index in [0.717, 1.165) is 6.07 Å². The van der Waals surface area contributed by atoms with Crippen molar-refractivity contribution in [2.45, 2.75) is 6.18 Å². The Morgan fingerprint density at radius 2 is 1.94 bits per heavy atom. The van der Waals surface area contributed by atoms with Crippen LogP contribution in [0.1, 0.15) is 11.4 Å². The van der Waals surface area contributed by atoms with Crippen LogP contribution >= 0.6 is 12.2 Å². The van der Waals surface area contributed by atoms with Gasteiger partial charge in [0.15, 0.2) is 11.5 Å². The Balaban J connectivity index is 2.41. The van der Waals surface area contributed by atoms with Crippen molar-refractivity contribution in [3.05, 3.63) is 41.9 Å². The third-order valence-electron chi connectivity index (χ3n) is 2.19. The van der Waals surface area contributed by atoms with Gasteiger partial charge in [-0.15, -0.1) is 10.2 Å². The normalized spacial score (nSPS) is 11.5. The van der Waals surface area contributed by atoms with Crippen molar-refractivity contribution < 1.29 is 13.2 Å². The highest BCUT2D eigenvalue weighted by Crippen LogP contribution is 2.27. The molecule has 94 valence electrons. The second-order valence-corrected chi connectivity index (χ2v) is 3.84. The highest BCUT2D eigenvalue weighted by molar-refractivity contribution is 7.80. The summed E-state index contributed by atoms with van der Waals surface area (Å²) >= 11 is 4.82. The van der Waals surface area contributed by atoms with E-state index >= 15 is 0 Å². The van der Waals surface area contributed by atoms with Gasteiger partial charge in [0, 0.05) is 6.20 Å². The maximum Gasteiger partial charge on any atom is 0.435 e. The van der Waals surface area contributed by atoms with Crippen molar-refractivity contribution in [1.82, 2.24) is 14.8 Å². The van der Waals surface area contributed by atoms with Crippen LogP contribution in [0, 0.1) is 0 Å². The molecule has 0 aromatic carbocycles. The van der Waals surface area contributed by atoms with Crippen LogP contribution in [-0.4, -0.2) is 19.8 Å². The van der Waals surface area contributed by atoms with Crippen molar-refractivity contribution in [2.75, 3.05) is 0 Å². The molecule has 0 spiro atoms. The fourth-order valence-electron chi connectivity index (χ4n) is 1.39. The molecule has 0 aliphatic rings. The van der Waals surface area contributed by atoms with Crippen LogP contribution in [0.15, 0.2) is 30.5 Å². The number of halogens is 3. The molecule has 0 amide bonds. The lowest BCUT2D eigenvalue weighted by Gasteiger charge is -2.08. The number of alkyl halides is 3. The maximum absolute atomic E-state index is 12.3. The van der Waals surface area contributed by atoms with Crippen LogP contribution in [0.4, 0.5) is 13.2 Å². The lowest BCUT2D eigenvalue weighted by Crippen LogP contribution is -2.16. The van der Waals surface area contributed by atoms with Gasteiger partial charge >= 0.3 is 6.18 Å². The maximum atomic E-state index is 12.3. The van der Waals surface area contributed by atoms with Crippen molar-refractivity contribution in [3.8, 4) is 5.82 Å². The molecule has 0 aliphatic heterocycles. The summed E-state index contributed by atoms with van der Waals surface area (Å²) < 4.78 is 38.4. The summed E-state index contributed by atoms with van der Waals surface area (Å²) in [6.07, 6.45) is -2.92. The third kappa shape index (κ3) is 2.33. The van der Waals surface area contributed by atoms with E-state index in [1.807, 2.05) is 0 Å². The molecule has 2 rings (SSSR count). The van der Waals surface area contributed by atoms with Crippen LogP contribution in [0.2, 0.25) is 0 Å². The van der Waals surface area contributed by atoms with Crippen molar-refractivity contribution in [1.29, 1.82) is 0 Å². The highest BCUT2D eigenvalue weighted by Gasteiger charge is 2.32. The van der Waals surface area contributed by atoms with E-state index < -0.39 is 11.9 Å². The largest absolute Gasteiger partial charge is 0.435 e. The predicted molar refractivity (Wildman–Crippen MR) is 62.2 cm³/mol. The fourth-order valence-corrected chi connectivity index (χ4v) is 1.55. The first-order valence-corrected chi connectivity index (χ1v) is 5.19. The zero-order valence-electron chi connectivity index (χ0n) is 8.85. The van der Waals surface area contributed by atoms with E-state index in [-0.39, 0.29) is 10.8 Å². The van der Waals surface area contributed by atoms with Crippen LogP contribution in [-0.2, 0) is 6.18 Å². The third-order valence-corrected chi connectivity index (χ3v) is 2.40. The molecule has 0 saturated carbocycles. The second kappa shape index (κ2) is 4.37. The Bertz CT molecular complexity index is 574. The lowest BCUT2D eigenvalue weighted by molar-refractivity contribution is -0.141. The molecule has 0 atom stereocenters. The summed E-state index contributed by atoms with van der Waals surface area (Å²) in [6, 6.07) is 5.36. The van der Waals surface area contributed by atoms with Gasteiger partial charge in [-0.2, -0.15) is 13.2 Å². The minimum Gasteiger partial charge on any atom is -0.388 e. The van der Waals surface area contributed by atoms with E-state index in [1.54, 1.807) is 18.3 Å². The monoisotopic (exact) mass is 272 g/mol. The molecule has 0 aliphatic carbocycles. The van der Waals surface area contributed by atoms with Gasteiger partial charge in [-0.05, 0) is 24.3 Å². The van der Waals surface area contributed by atoms with E-state index in [4.69, 9.17) is 18.0 Å². The number of aromatic nitrogens is 3. The SMILES string of the molecule is NC(=S)c1cccn1-c1ccc(C(F)(F)F)nn1. The molecule has 18 heavy (non-hydrogen) atoms. The van der Waals surface area contributed by atoms with E-state index in [1.165, 1.54) is 10.6 Å². The molecule has 8 heteroatoms. The first-order valence-electron chi connectivity index (χ1n) is 4.78. The number of thiocarbonyl (C=S) groups is 1. The van der Waals surface area contributed by atoms with Crippen LogP contribution in [0.3, 0.4) is 0 Å². The number of hydrogen-bond acceptors (Lipinski definition) is 3. The summed E-state index contributed by atoms with van der Waals surface area (Å²) in [5, 5.41) is 6.63. The average Bonchev–Trinajstić information content (AvgIpc) is 2.77. The Kier molecular flexibility index (Phi) is 3.04. The standard InChI is InChI=1S/C10H7F3N4S/c11-10(12,13)7-3-4-8(16-15-7)17-5-1-2-6(17)9(14)18/h1-5H,(H2,14,18). The fraction of sp³-hybridized carbons (Fsp3) is 0.100. The van der Waals surface area contributed by atoms with E-state index in [0.29, 0.717) is 5.69 Å². The topological polar surface area (TPSA) is 56.7 Å². The quantitative estimate of drug-likeness (QED) is 0.849. The van der Waals surface area contributed by atoms with Gasteiger partial charge in [0.25, 0.3) is 0 Å². The van der Waals surface area contributed by atoms with E-state index in [9.17, 15) is 13.2 Å². The molecule has 0 radical (unpaired) electrons. The summed E-state index contributed by atoms with van der Waals surface area (Å²) in [7, 11) is 0. The summed E-state index contributed by atoms with van der Waals surface area (Å²) in [5.41, 5.74) is 4.92. The van der Waals surface area contributed by atoms with Crippen LogP contribution in [0.5, 0.6) is 0 Å². The van der Waals surface area contributed by atoms with Gasteiger partial charge in [-0.25, -0.2) is 0 Å². The highest BCUT2D eigenvalue weighted by atomic mass is 32.1. The minimum atomic E-state index is -4.51. The number of nitrogens with zero attached hydrogens (tertiary/aromatic N) is 3. The van der Waals surface area contributed by atoms with Gasteiger partial charge in [-0.1, -0.05) is 12.2 Å². The molecule has 2 heterocycles. The van der Waals surface area contributed by atoms with Gasteiger partial charge in [0.05, 0.1) is 5.69 Å². The molecular formula is C10H7F3N4S. The van der Waals surface area contributed by atoms with Crippen molar-refractivity contribution in [3.63, 3.8) is 0 Å². The summed E-state index contributed by atoms with van der Waals surface area (Å²) in [5.74, 6) is 0.218. The summed E-state index contributed by atoms with van der Waals surface area (Å²) in [4.78, 5) is 0.127. The van der Waals surface area contributed by atoms with Crippen LogP contribution < -0.4 is 5.73 Å². The van der Waals surface area contributed by atoms with Gasteiger partial charge in [0.2, 0.25) is 0 Å². The summed E-state index contributed by atoms with van der Waals surface area (Å²) in [6.45, 7) is 0. The Labute approximate surface area is 105 Å². The second-order valence-electron chi connectivity index (χ2n) is 3.40. The van der Waals surface area contributed by atoms with Crippen molar-refractivity contribution >= 4 is 17.2 Å². The first kappa shape index (κ1) is 12.5. The molecule has 0 fully saturated rings. The van der Waals surface area contributed by atoms with Gasteiger partial charge in [0.1, 0.15) is 4.99 Å². The molecule has 0 unspecified atom stereocenters. The van der Waals surface area contributed by atoms with Gasteiger partial charge in [-0.3, -0.25) is 4.57 Å². The number of rotatable bonds is 2. The van der Waals surface area contributed by atoms with Crippen LogP contribution in [0.25, 0.3) is 5.82 Å². The number of hydrogen-bond donors (Lipinski definition) is 1. The Hall–Kier alpha value is -1.96. The Morgan fingerprint density at radius 1 is 1.22 bits per heavy atom. The molecule has 2 aromatic rings. The first-order chi connectivity index (χ1) is 8.39. The molecule has 4 nitrogen and oxygen atoms in total. The van der Waals surface area contributed by atoms with Crippen molar-refractivity contribution in [2.24, 2.45) is 5.73 Å². The predicted octanol–water partition coefficient (Wildman–Crippen LogP) is 1.92. The molecular weight excluding hydrogens is 265 g/mol. The lowest BCUT2D eigenvalue weighted by atomic mass is 10.3. The molecule has 2 N–H and O–H groups in total. The smallest absolute Gasteiger partial charge is 0.388 e. The molecule has 0 saturated heterocycles. The average molecular weight is 272 g/mol. The van der Waals surface area contributed by atoms with Gasteiger partial charge < -0.3 is 5.73 Å². The van der Waals surface area contributed by atoms with E-state index in [2.05, 4.69) is 10.2 Å². The minimum absolute atomic E-state index is 0.127. The zero-order valence-corrected chi connectivity index (χ0v) is 9.66. The molecule has 0 bridgehead atoms. The molecule has 2 aromatic heterocycles. The number of nitrogens with two attached hydrogens (primary N) is 1.